The summed E-state index contributed by atoms with van der Waals surface area (Å²) in [6, 6.07) is 2.99. The van der Waals surface area contributed by atoms with E-state index in [4.69, 9.17) is 0 Å². The Morgan fingerprint density at radius 2 is 2.11 bits per heavy atom. The molecule has 1 aromatic rings. The molecule has 3 nitrogen and oxygen atoms in total. The summed E-state index contributed by atoms with van der Waals surface area (Å²) < 4.78 is 1.01. The van der Waals surface area contributed by atoms with Crippen molar-refractivity contribution in [2.75, 3.05) is 11.4 Å². The Labute approximate surface area is 125 Å². The molecule has 0 saturated carbocycles. The van der Waals surface area contributed by atoms with E-state index in [1.54, 1.807) is 0 Å². The maximum absolute atomic E-state index is 4.59. The van der Waals surface area contributed by atoms with Crippen LogP contribution in [0.5, 0.6) is 0 Å². The van der Waals surface area contributed by atoms with Gasteiger partial charge in [0, 0.05) is 41.4 Å². The van der Waals surface area contributed by atoms with Crippen molar-refractivity contribution in [2.45, 2.75) is 46.3 Å². The number of pyridine rings is 1. The molecule has 1 rings (SSSR count). The summed E-state index contributed by atoms with van der Waals surface area (Å²) in [5.41, 5.74) is 1.21. The SMILES string of the molecule is C=CCN(c1ncc(Br)cc1CNC(C)C)C(C)C. The first kappa shape index (κ1) is 16.2. The van der Waals surface area contributed by atoms with E-state index in [9.17, 15) is 0 Å². The fourth-order valence-corrected chi connectivity index (χ4v) is 2.24. The van der Waals surface area contributed by atoms with Crippen LogP contribution in [0, 0.1) is 0 Å². The van der Waals surface area contributed by atoms with Gasteiger partial charge in [0.1, 0.15) is 5.82 Å². The molecule has 0 aliphatic rings. The molecular weight excluding hydrogens is 302 g/mol. The first-order valence-corrected chi connectivity index (χ1v) is 7.50. The van der Waals surface area contributed by atoms with Gasteiger partial charge in [0.05, 0.1) is 0 Å². The van der Waals surface area contributed by atoms with E-state index in [-0.39, 0.29) is 0 Å². The predicted octanol–water partition coefficient (Wildman–Crippen LogP) is 3.74. The highest BCUT2D eigenvalue weighted by Gasteiger charge is 2.15. The molecule has 1 N–H and O–H groups in total. The molecule has 0 aromatic carbocycles. The maximum atomic E-state index is 4.59. The van der Waals surface area contributed by atoms with Crippen LogP contribution < -0.4 is 10.2 Å². The van der Waals surface area contributed by atoms with Gasteiger partial charge < -0.3 is 10.2 Å². The summed E-state index contributed by atoms with van der Waals surface area (Å²) in [5.74, 6) is 1.03. The Kier molecular flexibility index (Phi) is 6.52. The van der Waals surface area contributed by atoms with Crippen molar-refractivity contribution >= 4 is 21.7 Å². The van der Waals surface area contributed by atoms with Gasteiger partial charge >= 0.3 is 0 Å². The number of nitrogens with zero attached hydrogens (tertiary/aromatic N) is 2. The molecule has 1 heterocycles. The summed E-state index contributed by atoms with van der Waals surface area (Å²) in [6.45, 7) is 14.1. The Bertz CT molecular complexity index is 416. The number of aromatic nitrogens is 1. The highest BCUT2D eigenvalue weighted by molar-refractivity contribution is 9.10. The number of anilines is 1. The Hall–Kier alpha value is -0.870. The van der Waals surface area contributed by atoms with Crippen molar-refractivity contribution < 1.29 is 0 Å². The fraction of sp³-hybridized carbons (Fsp3) is 0.533. The number of hydrogen-bond acceptors (Lipinski definition) is 3. The van der Waals surface area contributed by atoms with E-state index in [0.717, 1.165) is 23.4 Å². The topological polar surface area (TPSA) is 28.2 Å². The van der Waals surface area contributed by atoms with E-state index in [0.29, 0.717) is 12.1 Å². The van der Waals surface area contributed by atoms with Gasteiger partial charge in [-0.1, -0.05) is 19.9 Å². The van der Waals surface area contributed by atoms with Crippen LogP contribution in [0.15, 0.2) is 29.4 Å². The van der Waals surface area contributed by atoms with Gasteiger partial charge in [-0.3, -0.25) is 0 Å². The van der Waals surface area contributed by atoms with Crippen molar-refractivity contribution in [3.63, 3.8) is 0 Å². The maximum Gasteiger partial charge on any atom is 0.133 e. The molecule has 106 valence electrons. The third-order valence-corrected chi connectivity index (χ3v) is 3.27. The third kappa shape index (κ3) is 4.96. The van der Waals surface area contributed by atoms with E-state index in [2.05, 4.69) is 71.5 Å². The van der Waals surface area contributed by atoms with E-state index in [1.807, 2.05) is 12.3 Å². The van der Waals surface area contributed by atoms with E-state index < -0.39 is 0 Å². The van der Waals surface area contributed by atoms with Gasteiger partial charge in [0.25, 0.3) is 0 Å². The molecule has 0 atom stereocenters. The van der Waals surface area contributed by atoms with Crippen LogP contribution >= 0.6 is 15.9 Å². The normalized spacial score (nSPS) is 11.1. The van der Waals surface area contributed by atoms with Crippen LogP contribution in [0.4, 0.5) is 5.82 Å². The summed E-state index contributed by atoms with van der Waals surface area (Å²) in [5, 5.41) is 3.45. The predicted molar refractivity (Wildman–Crippen MR) is 86.6 cm³/mol. The van der Waals surface area contributed by atoms with Crippen molar-refractivity contribution in [3.05, 3.63) is 35.0 Å². The van der Waals surface area contributed by atoms with Crippen LogP contribution in [-0.2, 0) is 6.54 Å². The second kappa shape index (κ2) is 7.65. The summed E-state index contributed by atoms with van der Waals surface area (Å²) in [4.78, 5) is 6.85. The summed E-state index contributed by atoms with van der Waals surface area (Å²) in [7, 11) is 0. The first-order valence-electron chi connectivity index (χ1n) is 6.71. The average Bonchev–Trinajstić information content (AvgIpc) is 2.34. The molecule has 0 amide bonds. The number of halogens is 1. The second-order valence-corrected chi connectivity index (χ2v) is 6.12. The summed E-state index contributed by atoms with van der Waals surface area (Å²) >= 11 is 3.50. The first-order chi connectivity index (χ1) is 8.95. The molecule has 0 fully saturated rings. The Morgan fingerprint density at radius 1 is 1.42 bits per heavy atom. The summed E-state index contributed by atoms with van der Waals surface area (Å²) in [6.07, 6.45) is 3.77. The van der Waals surface area contributed by atoms with Crippen LogP contribution in [-0.4, -0.2) is 23.6 Å². The molecule has 0 aliphatic heterocycles. The zero-order chi connectivity index (χ0) is 14.4. The monoisotopic (exact) mass is 325 g/mol. The van der Waals surface area contributed by atoms with Crippen LogP contribution in [0.2, 0.25) is 0 Å². The molecule has 1 aromatic heterocycles. The third-order valence-electron chi connectivity index (χ3n) is 2.83. The lowest BCUT2D eigenvalue weighted by Crippen LogP contribution is -2.33. The fourth-order valence-electron chi connectivity index (χ4n) is 1.86. The molecule has 0 unspecified atom stereocenters. The van der Waals surface area contributed by atoms with E-state index >= 15 is 0 Å². The van der Waals surface area contributed by atoms with Crippen molar-refractivity contribution in [3.8, 4) is 0 Å². The minimum atomic E-state index is 0.393. The molecule has 0 aliphatic carbocycles. The smallest absolute Gasteiger partial charge is 0.133 e. The minimum absolute atomic E-state index is 0.393. The largest absolute Gasteiger partial charge is 0.350 e. The van der Waals surface area contributed by atoms with E-state index in [1.165, 1.54) is 5.56 Å². The van der Waals surface area contributed by atoms with Crippen LogP contribution in [0.25, 0.3) is 0 Å². The minimum Gasteiger partial charge on any atom is -0.350 e. The zero-order valence-electron chi connectivity index (χ0n) is 12.3. The lowest BCUT2D eigenvalue weighted by molar-refractivity contribution is 0.584. The van der Waals surface area contributed by atoms with Gasteiger partial charge in [-0.25, -0.2) is 4.98 Å². The molecule has 0 radical (unpaired) electrons. The number of rotatable bonds is 7. The lowest BCUT2D eigenvalue weighted by Gasteiger charge is -2.29. The Balaban J connectivity index is 3.05. The number of nitrogens with one attached hydrogen (secondary N) is 1. The van der Waals surface area contributed by atoms with Crippen LogP contribution in [0.3, 0.4) is 0 Å². The Morgan fingerprint density at radius 3 is 2.63 bits per heavy atom. The molecule has 0 bridgehead atoms. The van der Waals surface area contributed by atoms with Crippen LogP contribution in [0.1, 0.15) is 33.3 Å². The average molecular weight is 326 g/mol. The quantitative estimate of drug-likeness (QED) is 0.774. The highest BCUT2D eigenvalue weighted by Crippen LogP contribution is 2.23. The number of hydrogen-bond donors (Lipinski definition) is 1. The molecular formula is C15H24BrN3. The molecule has 0 spiro atoms. The van der Waals surface area contributed by atoms with Crippen molar-refractivity contribution in [2.24, 2.45) is 0 Å². The lowest BCUT2D eigenvalue weighted by atomic mass is 10.2. The van der Waals surface area contributed by atoms with Gasteiger partial charge in [-0.2, -0.15) is 0 Å². The van der Waals surface area contributed by atoms with Crippen molar-refractivity contribution in [1.29, 1.82) is 0 Å². The molecule has 19 heavy (non-hydrogen) atoms. The standard InChI is InChI=1S/C15H24BrN3/c1-6-7-19(12(4)5)15-13(9-17-11(2)3)8-14(16)10-18-15/h6,8,10-12,17H,1,7,9H2,2-5H3. The second-order valence-electron chi connectivity index (χ2n) is 5.21. The van der Waals surface area contributed by atoms with Gasteiger partial charge in [0.15, 0.2) is 0 Å². The highest BCUT2D eigenvalue weighted by atomic mass is 79.9. The van der Waals surface area contributed by atoms with Crippen molar-refractivity contribution in [1.82, 2.24) is 10.3 Å². The van der Waals surface area contributed by atoms with Gasteiger partial charge in [-0.15, -0.1) is 6.58 Å². The molecule has 4 heteroatoms. The van der Waals surface area contributed by atoms with Gasteiger partial charge in [0.2, 0.25) is 0 Å². The van der Waals surface area contributed by atoms with Gasteiger partial charge in [-0.05, 0) is 35.8 Å². The zero-order valence-corrected chi connectivity index (χ0v) is 13.9. The molecule has 0 saturated heterocycles.